The second-order valence-electron chi connectivity index (χ2n) is 3.20. The van der Waals surface area contributed by atoms with Gasteiger partial charge in [-0.3, -0.25) is 4.79 Å². The van der Waals surface area contributed by atoms with Gasteiger partial charge in [-0.15, -0.1) is 5.10 Å². The second kappa shape index (κ2) is 4.32. The summed E-state index contributed by atoms with van der Waals surface area (Å²) in [5, 5.41) is 16.8. The number of carboxylic acid groups (broad SMARTS) is 1. The molecule has 1 aromatic heterocycles. The molecule has 0 saturated carbocycles. The van der Waals surface area contributed by atoms with Gasteiger partial charge in [-0.1, -0.05) is 28.9 Å². The van der Waals surface area contributed by atoms with Crippen molar-refractivity contribution in [1.82, 2.24) is 15.0 Å². The maximum absolute atomic E-state index is 10.5. The Morgan fingerprint density at radius 3 is 2.69 bits per heavy atom. The third-order valence-electron chi connectivity index (χ3n) is 1.98. The average molecular weight is 238 g/mol. The normalized spacial score (nSPS) is 10.3. The van der Waals surface area contributed by atoms with Crippen LogP contribution in [0, 0.1) is 0 Å². The highest BCUT2D eigenvalue weighted by Crippen LogP contribution is 2.18. The predicted octanol–water partition coefficient (Wildman–Crippen LogP) is 1.68. The summed E-state index contributed by atoms with van der Waals surface area (Å²) in [6, 6.07) is 7.09. The predicted molar refractivity (Wildman–Crippen MR) is 58.1 cm³/mol. The molecule has 0 unspecified atom stereocenters. The van der Waals surface area contributed by atoms with Crippen LogP contribution in [0.5, 0.6) is 0 Å². The van der Waals surface area contributed by atoms with Crippen molar-refractivity contribution in [2.24, 2.45) is 0 Å². The second-order valence-corrected chi connectivity index (χ2v) is 3.64. The fraction of sp³-hybridized carbons (Fsp3) is 0.100. The third-order valence-corrected chi connectivity index (χ3v) is 2.23. The molecule has 0 fully saturated rings. The molecule has 1 N–H and O–H groups in total. The summed E-state index contributed by atoms with van der Waals surface area (Å²) in [6.07, 6.45) is 1.58. The van der Waals surface area contributed by atoms with Crippen LogP contribution in [0.15, 0.2) is 30.5 Å². The zero-order valence-electron chi connectivity index (χ0n) is 8.17. The van der Waals surface area contributed by atoms with Crippen molar-refractivity contribution in [1.29, 1.82) is 0 Å². The number of carbonyl (C=O) groups is 1. The third kappa shape index (κ3) is 2.38. The molecule has 1 aromatic carbocycles. The molecule has 6 heteroatoms. The molecule has 0 atom stereocenters. The molecular weight excluding hydrogens is 230 g/mol. The average Bonchev–Trinajstić information content (AvgIpc) is 2.66. The Morgan fingerprint density at radius 2 is 2.06 bits per heavy atom. The minimum Gasteiger partial charge on any atom is -0.480 e. The van der Waals surface area contributed by atoms with Gasteiger partial charge in [0.2, 0.25) is 0 Å². The highest BCUT2D eigenvalue weighted by Gasteiger charge is 2.05. The van der Waals surface area contributed by atoms with Crippen molar-refractivity contribution in [2.75, 3.05) is 0 Å². The Bertz CT molecular complexity index is 507. The summed E-state index contributed by atoms with van der Waals surface area (Å²) in [4.78, 5) is 10.5. The van der Waals surface area contributed by atoms with E-state index in [9.17, 15) is 4.79 Å². The van der Waals surface area contributed by atoms with Gasteiger partial charge in [0.15, 0.2) is 0 Å². The maximum Gasteiger partial charge on any atom is 0.325 e. The van der Waals surface area contributed by atoms with E-state index in [2.05, 4.69) is 10.3 Å². The number of aliphatic carboxylic acids is 1. The lowest BCUT2D eigenvalue weighted by Gasteiger charge is -1.95. The van der Waals surface area contributed by atoms with Crippen LogP contribution in [0.2, 0.25) is 5.02 Å². The topological polar surface area (TPSA) is 68.0 Å². The van der Waals surface area contributed by atoms with E-state index in [1.807, 2.05) is 0 Å². The van der Waals surface area contributed by atoms with E-state index in [0.29, 0.717) is 10.7 Å². The van der Waals surface area contributed by atoms with E-state index in [1.165, 1.54) is 4.68 Å². The van der Waals surface area contributed by atoms with Crippen molar-refractivity contribution in [3.8, 4) is 11.3 Å². The molecule has 0 amide bonds. The number of halogens is 1. The van der Waals surface area contributed by atoms with Crippen molar-refractivity contribution in [2.45, 2.75) is 6.54 Å². The summed E-state index contributed by atoms with van der Waals surface area (Å²) in [7, 11) is 0. The highest BCUT2D eigenvalue weighted by atomic mass is 35.5. The molecule has 0 radical (unpaired) electrons. The Kier molecular flexibility index (Phi) is 2.87. The fourth-order valence-corrected chi connectivity index (χ4v) is 1.39. The molecule has 0 saturated heterocycles. The van der Waals surface area contributed by atoms with E-state index in [4.69, 9.17) is 16.7 Å². The van der Waals surface area contributed by atoms with Gasteiger partial charge in [0.05, 0.1) is 6.20 Å². The first-order valence-electron chi connectivity index (χ1n) is 4.53. The summed E-state index contributed by atoms with van der Waals surface area (Å²) < 4.78 is 1.27. The first kappa shape index (κ1) is 10.6. The monoisotopic (exact) mass is 237 g/mol. The fourth-order valence-electron chi connectivity index (χ4n) is 1.27. The Labute approximate surface area is 96.3 Å². The lowest BCUT2D eigenvalue weighted by Crippen LogP contribution is -2.08. The van der Waals surface area contributed by atoms with Gasteiger partial charge in [0.1, 0.15) is 12.2 Å². The van der Waals surface area contributed by atoms with Crippen LogP contribution in [-0.4, -0.2) is 26.1 Å². The zero-order chi connectivity index (χ0) is 11.5. The minimum atomic E-state index is -0.951. The summed E-state index contributed by atoms with van der Waals surface area (Å²) in [5.41, 5.74) is 1.47. The highest BCUT2D eigenvalue weighted by molar-refractivity contribution is 6.30. The van der Waals surface area contributed by atoms with Crippen LogP contribution in [0.1, 0.15) is 0 Å². The lowest BCUT2D eigenvalue weighted by molar-refractivity contribution is -0.137. The smallest absolute Gasteiger partial charge is 0.325 e. The van der Waals surface area contributed by atoms with Gasteiger partial charge >= 0.3 is 5.97 Å². The molecule has 0 aliphatic rings. The molecular formula is C10H8ClN3O2. The molecule has 2 rings (SSSR count). The van der Waals surface area contributed by atoms with Gasteiger partial charge in [0.25, 0.3) is 0 Å². The van der Waals surface area contributed by atoms with E-state index < -0.39 is 5.97 Å². The van der Waals surface area contributed by atoms with Gasteiger partial charge in [-0.25, -0.2) is 4.68 Å². The van der Waals surface area contributed by atoms with Gasteiger partial charge < -0.3 is 5.11 Å². The first-order valence-corrected chi connectivity index (χ1v) is 4.91. The van der Waals surface area contributed by atoms with Crippen LogP contribution in [0.4, 0.5) is 0 Å². The molecule has 82 valence electrons. The number of rotatable bonds is 3. The standard InChI is InChI=1S/C10H8ClN3O2/c11-8-3-1-7(2-4-8)9-5-14(13-12-9)6-10(15)16/h1-5H,6H2,(H,15,16). The molecule has 1 heterocycles. The summed E-state index contributed by atoms with van der Waals surface area (Å²) in [5.74, 6) is -0.951. The van der Waals surface area contributed by atoms with Crippen LogP contribution < -0.4 is 0 Å². The van der Waals surface area contributed by atoms with E-state index in [1.54, 1.807) is 30.5 Å². The Hall–Kier alpha value is -1.88. The van der Waals surface area contributed by atoms with Gasteiger partial charge in [-0.2, -0.15) is 0 Å². The number of hydrogen-bond donors (Lipinski definition) is 1. The quantitative estimate of drug-likeness (QED) is 0.882. The number of nitrogens with zero attached hydrogens (tertiary/aromatic N) is 3. The molecule has 5 nitrogen and oxygen atoms in total. The Balaban J connectivity index is 2.24. The maximum atomic E-state index is 10.5. The van der Waals surface area contributed by atoms with Crippen LogP contribution in [0.3, 0.4) is 0 Å². The molecule has 0 aliphatic carbocycles. The molecule has 0 spiro atoms. The molecule has 0 bridgehead atoms. The number of carboxylic acids is 1. The van der Waals surface area contributed by atoms with Crippen molar-refractivity contribution in [3.05, 3.63) is 35.5 Å². The van der Waals surface area contributed by atoms with E-state index in [0.717, 1.165) is 5.56 Å². The zero-order valence-corrected chi connectivity index (χ0v) is 8.92. The van der Waals surface area contributed by atoms with Crippen LogP contribution in [-0.2, 0) is 11.3 Å². The van der Waals surface area contributed by atoms with Crippen molar-refractivity contribution in [3.63, 3.8) is 0 Å². The Morgan fingerprint density at radius 1 is 1.38 bits per heavy atom. The molecule has 2 aromatic rings. The molecule has 16 heavy (non-hydrogen) atoms. The minimum absolute atomic E-state index is 0.194. The van der Waals surface area contributed by atoms with Crippen LogP contribution >= 0.6 is 11.6 Å². The summed E-state index contributed by atoms with van der Waals surface area (Å²) >= 11 is 5.75. The lowest BCUT2D eigenvalue weighted by atomic mass is 10.2. The largest absolute Gasteiger partial charge is 0.480 e. The van der Waals surface area contributed by atoms with Gasteiger partial charge in [-0.05, 0) is 12.1 Å². The van der Waals surface area contributed by atoms with Crippen LogP contribution in [0.25, 0.3) is 11.3 Å². The SMILES string of the molecule is O=C(O)Cn1cc(-c2ccc(Cl)cc2)nn1. The number of aromatic nitrogens is 3. The first-order chi connectivity index (χ1) is 7.65. The number of hydrogen-bond acceptors (Lipinski definition) is 3. The van der Waals surface area contributed by atoms with E-state index >= 15 is 0 Å². The van der Waals surface area contributed by atoms with Crippen molar-refractivity contribution >= 4 is 17.6 Å². The molecule has 0 aliphatic heterocycles. The van der Waals surface area contributed by atoms with Gasteiger partial charge in [0, 0.05) is 10.6 Å². The van der Waals surface area contributed by atoms with E-state index in [-0.39, 0.29) is 6.54 Å². The summed E-state index contributed by atoms with van der Waals surface area (Å²) in [6.45, 7) is -0.194. The number of benzene rings is 1. The van der Waals surface area contributed by atoms with Crippen molar-refractivity contribution < 1.29 is 9.90 Å².